The summed E-state index contributed by atoms with van der Waals surface area (Å²) in [5.74, 6) is 0.543. The van der Waals surface area contributed by atoms with Crippen LogP contribution >= 0.6 is 0 Å². The lowest BCUT2D eigenvalue weighted by Gasteiger charge is -2.09. The van der Waals surface area contributed by atoms with E-state index in [9.17, 15) is 9.90 Å². The Labute approximate surface area is 78.7 Å². The summed E-state index contributed by atoms with van der Waals surface area (Å²) in [5.41, 5.74) is 0. The van der Waals surface area contributed by atoms with Gasteiger partial charge in [0.1, 0.15) is 0 Å². The monoisotopic (exact) mass is 186 g/mol. The van der Waals surface area contributed by atoms with E-state index >= 15 is 0 Å². The largest absolute Gasteiger partial charge is 0.392 e. The summed E-state index contributed by atoms with van der Waals surface area (Å²) in [4.78, 5) is 10.8. The van der Waals surface area contributed by atoms with Crippen molar-refractivity contribution in [1.82, 2.24) is 10.6 Å². The average Bonchev–Trinajstić information content (AvgIpc) is 2.94. The number of amides is 1. The summed E-state index contributed by atoms with van der Waals surface area (Å²) < 4.78 is 0. The maximum Gasteiger partial charge on any atom is 0.221 e. The van der Waals surface area contributed by atoms with Gasteiger partial charge in [-0.3, -0.25) is 4.79 Å². The molecular formula is C9H18N2O2. The molecule has 0 aromatic carbocycles. The Morgan fingerprint density at radius 1 is 1.62 bits per heavy atom. The molecule has 0 bridgehead atoms. The first kappa shape index (κ1) is 10.5. The summed E-state index contributed by atoms with van der Waals surface area (Å²) in [6.45, 7) is 1.26. The predicted octanol–water partition coefficient (Wildman–Crippen LogP) is -0.517. The van der Waals surface area contributed by atoms with Crippen LogP contribution < -0.4 is 10.6 Å². The molecule has 0 spiro atoms. The Kier molecular flexibility index (Phi) is 4.18. The molecule has 1 unspecified atom stereocenters. The number of aliphatic hydroxyl groups is 1. The Hall–Kier alpha value is -0.610. The average molecular weight is 186 g/mol. The fraction of sp³-hybridized carbons (Fsp3) is 0.889. The molecule has 13 heavy (non-hydrogen) atoms. The van der Waals surface area contributed by atoms with Crippen LogP contribution in [-0.4, -0.2) is 37.3 Å². The normalized spacial score (nSPS) is 18.3. The highest BCUT2D eigenvalue weighted by Gasteiger charge is 2.28. The van der Waals surface area contributed by atoms with E-state index in [-0.39, 0.29) is 12.0 Å². The molecule has 0 aliphatic heterocycles. The minimum absolute atomic E-state index is 0.0356. The number of aliphatic hydroxyl groups excluding tert-OH is 1. The Morgan fingerprint density at radius 2 is 2.31 bits per heavy atom. The van der Waals surface area contributed by atoms with Crippen LogP contribution in [0.4, 0.5) is 0 Å². The fourth-order valence-electron chi connectivity index (χ4n) is 1.22. The highest BCUT2D eigenvalue weighted by Crippen LogP contribution is 2.32. The molecule has 1 rings (SSSR count). The molecular weight excluding hydrogens is 168 g/mol. The van der Waals surface area contributed by atoms with Crippen molar-refractivity contribution in [2.75, 3.05) is 20.1 Å². The highest BCUT2D eigenvalue weighted by molar-refractivity contribution is 5.75. The maximum atomic E-state index is 10.8. The van der Waals surface area contributed by atoms with Crippen LogP contribution in [0.5, 0.6) is 0 Å². The first-order valence-electron chi connectivity index (χ1n) is 4.83. The summed E-state index contributed by atoms with van der Waals surface area (Å²) in [7, 11) is 1.63. The second kappa shape index (κ2) is 5.19. The van der Waals surface area contributed by atoms with E-state index in [1.54, 1.807) is 7.05 Å². The van der Waals surface area contributed by atoms with Gasteiger partial charge in [-0.05, 0) is 18.8 Å². The first-order chi connectivity index (χ1) is 6.24. The van der Waals surface area contributed by atoms with Crippen LogP contribution in [0, 0.1) is 5.92 Å². The van der Waals surface area contributed by atoms with E-state index in [2.05, 4.69) is 10.6 Å². The van der Waals surface area contributed by atoms with E-state index in [1.807, 2.05) is 0 Å². The van der Waals surface area contributed by atoms with Crippen LogP contribution in [0.15, 0.2) is 0 Å². The first-order valence-corrected chi connectivity index (χ1v) is 4.83. The molecule has 0 saturated heterocycles. The molecule has 1 fully saturated rings. The van der Waals surface area contributed by atoms with Gasteiger partial charge >= 0.3 is 0 Å². The van der Waals surface area contributed by atoms with Gasteiger partial charge in [0.05, 0.1) is 6.10 Å². The molecule has 1 aliphatic carbocycles. The minimum Gasteiger partial charge on any atom is -0.392 e. The molecule has 0 heterocycles. The molecule has 1 aliphatic rings. The zero-order valence-corrected chi connectivity index (χ0v) is 8.05. The predicted molar refractivity (Wildman–Crippen MR) is 50.3 cm³/mol. The number of rotatable bonds is 6. The molecule has 3 N–H and O–H groups in total. The van der Waals surface area contributed by atoms with Gasteiger partial charge in [-0.15, -0.1) is 0 Å². The second-order valence-corrected chi connectivity index (χ2v) is 3.53. The maximum absolute atomic E-state index is 10.8. The van der Waals surface area contributed by atoms with E-state index in [1.165, 1.54) is 0 Å². The van der Waals surface area contributed by atoms with Crippen molar-refractivity contribution in [3.8, 4) is 0 Å². The van der Waals surface area contributed by atoms with Crippen molar-refractivity contribution in [3.05, 3.63) is 0 Å². The summed E-state index contributed by atoms with van der Waals surface area (Å²) in [6, 6.07) is 0. The van der Waals surface area contributed by atoms with Crippen LogP contribution in [0.2, 0.25) is 0 Å². The van der Waals surface area contributed by atoms with Crippen molar-refractivity contribution in [2.24, 2.45) is 5.92 Å². The zero-order valence-electron chi connectivity index (χ0n) is 8.05. The molecule has 0 radical (unpaired) electrons. The summed E-state index contributed by atoms with van der Waals surface area (Å²) in [5, 5.41) is 15.1. The topological polar surface area (TPSA) is 61.4 Å². The lowest BCUT2D eigenvalue weighted by atomic mass is 10.2. The van der Waals surface area contributed by atoms with Crippen molar-refractivity contribution in [3.63, 3.8) is 0 Å². The zero-order chi connectivity index (χ0) is 9.68. The van der Waals surface area contributed by atoms with Gasteiger partial charge in [0.15, 0.2) is 0 Å². The SMILES string of the molecule is CNC(=O)CCNCC(O)C1CC1. The van der Waals surface area contributed by atoms with Gasteiger partial charge in [-0.1, -0.05) is 0 Å². The van der Waals surface area contributed by atoms with Crippen LogP contribution in [0.25, 0.3) is 0 Å². The van der Waals surface area contributed by atoms with E-state index in [4.69, 9.17) is 0 Å². The number of carbonyl (C=O) groups excluding carboxylic acids is 1. The molecule has 0 aromatic heterocycles. The van der Waals surface area contributed by atoms with Crippen molar-refractivity contribution in [2.45, 2.75) is 25.4 Å². The van der Waals surface area contributed by atoms with Gasteiger partial charge in [0, 0.05) is 26.6 Å². The Morgan fingerprint density at radius 3 is 2.85 bits per heavy atom. The van der Waals surface area contributed by atoms with E-state index in [0.29, 0.717) is 25.4 Å². The molecule has 1 saturated carbocycles. The van der Waals surface area contributed by atoms with Crippen molar-refractivity contribution in [1.29, 1.82) is 0 Å². The third kappa shape index (κ3) is 4.24. The molecule has 1 atom stereocenters. The quantitative estimate of drug-likeness (QED) is 0.489. The Balaban J connectivity index is 1.91. The van der Waals surface area contributed by atoms with Gasteiger partial charge in [-0.2, -0.15) is 0 Å². The van der Waals surface area contributed by atoms with Gasteiger partial charge in [0.25, 0.3) is 0 Å². The molecule has 76 valence electrons. The lowest BCUT2D eigenvalue weighted by Crippen LogP contribution is -2.31. The van der Waals surface area contributed by atoms with E-state index < -0.39 is 0 Å². The van der Waals surface area contributed by atoms with Crippen LogP contribution in [-0.2, 0) is 4.79 Å². The smallest absolute Gasteiger partial charge is 0.221 e. The van der Waals surface area contributed by atoms with Crippen LogP contribution in [0.1, 0.15) is 19.3 Å². The fourth-order valence-corrected chi connectivity index (χ4v) is 1.22. The third-order valence-electron chi connectivity index (χ3n) is 2.33. The van der Waals surface area contributed by atoms with E-state index in [0.717, 1.165) is 12.8 Å². The standard InChI is InChI=1S/C9H18N2O2/c1-10-9(13)4-5-11-6-8(12)7-2-3-7/h7-8,11-12H,2-6H2,1H3,(H,10,13). The van der Waals surface area contributed by atoms with Crippen molar-refractivity contribution >= 4 is 5.91 Å². The summed E-state index contributed by atoms with van der Waals surface area (Å²) in [6.07, 6.45) is 2.56. The summed E-state index contributed by atoms with van der Waals surface area (Å²) >= 11 is 0. The second-order valence-electron chi connectivity index (χ2n) is 3.53. The molecule has 1 amide bonds. The molecule has 0 aromatic rings. The van der Waals surface area contributed by atoms with Gasteiger partial charge in [-0.25, -0.2) is 0 Å². The van der Waals surface area contributed by atoms with Crippen LogP contribution in [0.3, 0.4) is 0 Å². The molecule has 4 heteroatoms. The Bertz CT molecular complexity index is 169. The number of carbonyl (C=O) groups is 1. The number of hydrogen-bond donors (Lipinski definition) is 3. The van der Waals surface area contributed by atoms with Gasteiger partial charge < -0.3 is 15.7 Å². The lowest BCUT2D eigenvalue weighted by molar-refractivity contribution is -0.120. The highest BCUT2D eigenvalue weighted by atomic mass is 16.3. The number of hydrogen-bond acceptors (Lipinski definition) is 3. The van der Waals surface area contributed by atoms with Gasteiger partial charge in [0.2, 0.25) is 5.91 Å². The minimum atomic E-state index is -0.218. The molecule has 4 nitrogen and oxygen atoms in total. The van der Waals surface area contributed by atoms with Crippen molar-refractivity contribution < 1.29 is 9.90 Å². The third-order valence-corrected chi connectivity index (χ3v) is 2.33. The number of nitrogens with one attached hydrogen (secondary N) is 2.